The first-order valence-electron chi connectivity index (χ1n) is 8.47. The van der Waals surface area contributed by atoms with Gasteiger partial charge in [0.2, 0.25) is 0 Å². The van der Waals surface area contributed by atoms with Crippen LogP contribution >= 0.6 is 11.6 Å². The number of hydrogen-bond acceptors (Lipinski definition) is 0. The Kier molecular flexibility index (Phi) is 3.73. The zero-order valence-corrected chi connectivity index (χ0v) is 14.8. The first-order valence-corrected chi connectivity index (χ1v) is 9.00. The molecule has 0 amide bonds. The van der Waals surface area contributed by atoms with E-state index in [1.54, 1.807) is 0 Å². The Balaban J connectivity index is 1.99. The van der Waals surface area contributed by atoms with Crippen LogP contribution in [0.25, 0.3) is 11.1 Å². The van der Waals surface area contributed by atoms with Crippen molar-refractivity contribution in [1.82, 2.24) is 0 Å². The van der Waals surface area contributed by atoms with Crippen LogP contribution in [-0.4, -0.2) is 5.88 Å². The fourth-order valence-electron chi connectivity index (χ4n) is 3.93. The average Bonchev–Trinajstić information content (AvgIpc) is 2.96. The highest BCUT2D eigenvalue weighted by atomic mass is 35.5. The van der Waals surface area contributed by atoms with Crippen molar-refractivity contribution in [2.75, 3.05) is 5.88 Å². The highest BCUT2D eigenvalue weighted by molar-refractivity contribution is 6.18. The van der Waals surface area contributed by atoms with E-state index in [1.807, 2.05) is 0 Å². The molecule has 3 aromatic carbocycles. The molecule has 0 N–H and O–H groups in total. The van der Waals surface area contributed by atoms with E-state index in [1.165, 1.54) is 33.4 Å². The summed E-state index contributed by atoms with van der Waals surface area (Å²) in [6, 6.07) is 26.3. The lowest BCUT2D eigenvalue weighted by Crippen LogP contribution is -2.22. The van der Waals surface area contributed by atoms with Crippen molar-refractivity contribution in [1.29, 1.82) is 0 Å². The van der Waals surface area contributed by atoms with Gasteiger partial charge in [-0.1, -0.05) is 86.6 Å². The zero-order chi connectivity index (χ0) is 16.7. The second kappa shape index (κ2) is 5.79. The van der Waals surface area contributed by atoms with Gasteiger partial charge in [0.05, 0.1) is 0 Å². The molecule has 0 atom stereocenters. The number of rotatable bonds is 3. The molecule has 0 nitrogen and oxygen atoms in total. The Morgan fingerprint density at radius 2 is 1.17 bits per heavy atom. The Morgan fingerprint density at radius 1 is 0.708 bits per heavy atom. The maximum absolute atomic E-state index is 6.31. The van der Waals surface area contributed by atoms with Gasteiger partial charge < -0.3 is 0 Å². The molecule has 0 unspecified atom stereocenters. The fourth-order valence-corrected chi connectivity index (χ4v) is 4.07. The monoisotopic (exact) mass is 332 g/mol. The molecular weight excluding hydrogens is 312 g/mol. The van der Waals surface area contributed by atoms with Crippen LogP contribution in [-0.2, 0) is 5.41 Å². The predicted octanol–water partition coefficient (Wildman–Crippen LogP) is 6.36. The summed E-state index contributed by atoms with van der Waals surface area (Å²) in [4.78, 5) is 0. The third-order valence-corrected chi connectivity index (χ3v) is 5.84. The van der Waals surface area contributed by atoms with Gasteiger partial charge in [0, 0.05) is 17.2 Å². The van der Waals surface area contributed by atoms with Gasteiger partial charge in [0.15, 0.2) is 0 Å². The SMILES string of the molecule is CC(C)(CCl)c1ccccc1C1c2ccccc2-c2ccccc21. The summed E-state index contributed by atoms with van der Waals surface area (Å²) >= 11 is 6.31. The average molecular weight is 333 g/mol. The van der Waals surface area contributed by atoms with E-state index in [2.05, 4.69) is 86.6 Å². The molecule has 1 heteroatoms. The number of alkyl halides is 1. The molecule has 3 aromatic rings. The Morgan fingerprint density at radius 3 is 1.71 bits per heavy atom. The summed E-state index contributed by atoms with van der Waals surface area (Å²) in [6.45, 7) is 4.46. The van der Waals surface area contributed by atoms with Gasteiger partial charge >= 0.3 is 0 Å². The lowest BCUT2D eigenvalue weighted by molar-refractivity contribution is 0.589. The zero-order valence-electron chi connectivity index (χ0n) is 14.1. The smallest absolute Gasteiger partial charge is 0.0355 e. The molecule has 24 heavy (non-hydrogen) atoms. The first-order chi connectivity index (χ1) is 11.6. The quantitative estimate of drug-likeness (QED) is 0.383. The fraction of sp³-hybridized carbons (Fsp3) is 0.217. The molecule has 0 saturated carbocycles. The van der Waals surface area contributed by atoms with Gasteiger partial charge in [0.1, 0.15) is 0 Å². The highest BCUT2D eigenvalue weighted by Crippen LogP contribution is 2.49. The predicted molar refractivity (Wildman–Crippen MR) is 103 cm³/mol. The van der Waals surface area contributed by atoms with Crippen LogP contribution in [0.4, 0.5) is 0 Å². The van der Waals surface area contributed by atoms with E-state index in [4.69, 9.17) is 11.6 Å². The largest absolute Gasteiger partial charge is 0.126 e. The van der Waals surface area contributed by atoms with Crippen LogP contribution in [0.1, 0.15) is 42.0 Å². The van der Waals surface area contributed by atoms with Crippen molar-refractivity contribution in [3.05, 3.63) is 95.1 Å². The van der Waals surface area contributed by atoms with Gasteiger partial charge in [-0.15, -0.1) is 11.6 Å². The van der Waals surface area contributed by atoms with Gasteiger partial charge in [-0.25, -0.2) is 0 Å². The van der Waals surface area contributed by atoms with Crippen LogP contribution in [0.2, 0.25) is 0 Å². The summed E-state index contributed by atoms with van der Waals surface area (Å²) in [6.07, 6.45) is 0. The molecule has 0 fully saturated rings. The van der Waals surface area contributed by atoms with Crippen LogP contribution in [0, 0.1) is 0 Å². The van der Waals surface area contributed by atoms with Crippen LogP contribution in [0.3, 0.4) is 0 Å². The molecule has 0 aliphatic heterocycles. The topological polar surface area (TPSA) is 0 Å². The van der Waals surface area contributed by atoms with Crippen molar-refractivity contribution in [2.24, 2.45) is 0 Å². The van der Waals surface area contributed by atoms with Gasteiger partial charge in [-0.2, -0.15) is 0 Å². The molecule has 1 aliphatic carbocycles. The number of benzene rings is 3. The van der Waals surface area contributed by atoms with E-state index in [9.17, 15) is 0 Å². The van der Waals surface area contributed by atoms with Gasteiger partial charge in [-0.3, -0.25) is 0 Å². The molecule has 0 heterocycles. The third-order valence-electron chi connectivity index (χ3n) is 5.17. The summed E-state index contributed by atoms with van der Waals surface area (Å²) in [5.41, 5.74) is 8.18. The van der Waals surface area contributed by atoms with Gasteiger partial charge in [-0.05, 0) is 33.4 Å². The minimum Gasteiger partial charge on any atom is -0.126 e. The summed E-state index contributed by atoms with van der Waals surface area (Å²) in [7, 11) is 0. The molecule has 0 spiro atoms. The molecule has 1 aliphatic rings. The van der Waals surface area contributed by atoms with Crippen molar-refractivity contribution >= 4 is 11.6 Å². The molecular formula is C23H21Cl. The highest BCUT2D eigenvalue weighted by Gasteiger charge is 2.33. The standard InChI is InChI=1S/C23H21Cl/c1-23(2,15-24)21-14-8-7-13-20(21)22-18-11-5-3-9-16(18)17-10-4-6-12-19(17)22/h3-14,22H,15H2,1-2H3. The van der Waals surface area contributed by atoms with Gasteiger partial charge in [0.25, 0.3) is 0 Å². The first kappa shape index (κ1) is 15.5. The van der Waals surface area contributed by atoms with E-state index < -0.39 is 0 Å². The van der Waals surface area contributed by atoms with E-state index in [0.717, 1.165) is 0 Å². The Labute approximate surface area is 149 Å². The molecule has 120 valence electrons. The lowest BCUT2D eigenvalue weighted by Gasteiger charge is -2.28. The normalized spacial score (nSPS) is 13.6. The Bertz CT molecular complexity index is 846. The molecule has 0 saturated heterocycles. The third kappa shape index (κ3) is 2.29. The van der Waals surface area contributed by atoms with Crippen LogP contribution < -0.4 is 0 Å². The van der Waals surface area contributed by atoms with Crippen molar-refractivity contribution in [3.8, 4) is 11.1 Å². The van der Waals surface area contributed by atoms with E-state index in [-0.39, 0.29) is 11.3 Å². The lowest BCUT2D eigenvalue weighted by atomic mass is 9.77. The second-order valence-corrected chi connectivity index (χ2v) is 7.48. The number of halogens is 1. The van der Waals surface area contributed by atoms with E-state index in [0.29, 0.717) is 5.88 Å². The molecule has 4 rings (SSSR count). The molecule has 0 radical (unpaired) electrons. The summed E-state index contributed by atoms with van der Waals surface area (Å²) < 4.78 is 0. The van der Waals surface area contributed by atoms with Crippen molar-refractivity contribution in [3.63, 3.8) is 0 Å². The van der Waals surface area contributed by atoms with Crippen LogP contribution in [0.5, 0.6) is 0 Å². The minimum absolute atomic E-state index is 0.0510. The maximum atomic E-state index is 6.31. The second-order valence-electron chi connectivity index (χ2n) is 7.21. The summed E-state index contributed by atoms with van der Waals surface area (Å²) in [5.74, 6) is 0.899. The van der Waals surface area contributed by atoms with Crippen molar-refractivity contribution in [2.45, 2.75) is 25.2 Å². The van der Waals surface area contributed by atoms with E-state index >= 15 is 0 Å². The van der Waals surface area contributed by atoms with Crippen molar-refractivity contribution < 1.29 is 0 Å². The minimum atomic E-state index is -0.0510. The maximum Gasteiger partial charge on any atom is 0.0355 e. The molecule has 0 bridgehead atoms. The van der Waals surface area contributed by atoms with Crippen LogP contribution in [0.15, 0.2) is 72.8 Å². The molecule has 0 aromatic heterocycles. The number of fused-ring (bicyclic) bond motifs is 3. The Hall–Kier alpha value is -2.05. The number of hydrogen-bond donors (Lipinski definition) is 0. The summed E-state index contributed by atoms with van der Waals surface area (Å²) in [5, 5.41) is 0.